The minimum absolute atomic E-state index is 0.0295. The number of rotatable bonds is 5. The number of hydrogen-bond acceptors (Lipinski definition) is 4. The Labute approximate surface area is 128 Å². The van der Waals surface area contributed by atoms with Crippen molar-refractivity contribution in [3.05, 3.63) is 28.5 Å². The van der Waals surface area contributed by atoms with Crippen molar-refractivity contribution in [2.45, 2.75) is 43.4 Å². The van der Waals surface area contributed by atoms with E-state index in [2.05, 4.69) is 4.72 Å². The van der Waals surface area contributed by atoms with Crippen LogP contribution in [0, 0.1) is 5.82 Å². The molecule has 0 amide bonds. The Morgan fingerprint density at radius 1 is 1.57 bits per heavy atom. The Kier molecular flexibility index (Phi) is 5.21. The maximum atomic E-state index is 13.6. The molecule has 1 fully saturated rings. The van der Waals surface area contributed by atoms with E-state index >= 15 is 0 Å². The first-order valence-corrected chi connectivity index (χ1v) is 8.44. The van der Waals surface area contributed by atoms with Gasteiger partial charge in [-0.2, -0.15) is 0 Å². The number of aliphatic hydroxyl groups excluding tert-OH is 1. The molecule has 1 saturated heterocycles. The van der Waals surface area contributed by atoms with Crippen LogP contribution >= 0.6 is 11.6 Å². The number of halogens is 2. The lowest BCUT2D eigenvalue weighted by molar-refractivity contribution is 0.0902. The lowest BCUT2D eigenvalue weighted by Gasteiger charge is -2.20. The van der Waals surface area contributed by atoms with Gasteiger partial charge in [0, 0.05) is 18.2 Å². The lowest BCUT2D eigenvalue weighted by atomic mass is 10.1. The molecule has 0 saturated carbocycles. The summed E-state index contributed by atoms with van der Waals surface area (Å²) in [6.07, 6.45) is 1.48. The summed E-state index contributed by atoms with van der Waals surface area (Å²) in [5.41, 5.74) is 0.0295. The molecule has 1 aliphatic heterocycles. The van der Waals surface area contributed by atoms with Crippen LogP contribution in [0.3, 0.4) is 0 Å². The van der Waals surface area contributed by atoms with Crippen molar-refractivity contribution in [3.63, 3.8) is 0 Å². The second kappa shape index (κ2) is 6.58. The third-order valence-electron chi connectivity index (χ3n) is 3.42. The molecule has 2 N–H and O–H groups in total. The predicted octanol–water partition coefficient (Wildman–Crippen LogP) is 1.82. The second-order valence-corrected chi connectivity index (χ2v) is 7.09. The van der Waals surface area contributed by atoms with Crippen LogP contribution in [0.2, 0.25) is 5.02 Å². The summed E-state index contributed by atoms with van der Waals surface area (Å²) >= 11 is 5.65. The summed E-state index contributed by atoms with van der Waals surface area (Å²) in [5.74, 6) is -0.881. The molecule has 0 spiro atoms. The molecule has 5 nitrogen and oxygen atoms in total. The van der Waals surface area contributed by atoms with Crippen molar-refractivity contribution in [1.82, 2.24) is 4.72 Å². The van der Waals surface area contributed by atoms with Crippen LogP contribution in [-0.4, -0.2) is 32.3 Å². The Balaban J connectivity index is 2.24. The zero-order chi connectivity index (χ0) is 15.6. The number of ether oxygens (including phenoxy) is 1. The van der Waals surface area contributed by atoms with Crippen LogP contribution in [0.25, 0.3) is 0 Å². The van der Waals surface area contributed by atoms with E-state index in [1.54, 1.807) is 6.92 Å². The predicted molar refractivity (Wildman–Crippen MR) is 76.1 cm³/mol. The first-order chi connectivity index (χ1) is 9.85. The van der Waals surface area contributed by atoms with Gasteiger partial charge in [-0.3, -0.25) is 0 Å². The van der Waals surface area contributed by atoms with E-state index in [-0.39, 0.29) is 21.6 Å². The van der Waals surface area contributed by atoms with Crippen molar-refractivity contribution in [2.24, 2.45) is 0 Å². The van der Waals surface area contributed by atoms with Crippen LogP contribution in [-0.2, 0) is 21.4 Å². The number of aliphatic hydroxyl groups is 1. The normalized spacial score (nSPS) is 20.7. The topological polar surface area (TPSA) is 75.6 Å². The van der Waals surface area contributed by atoms with Crippen molar-refractivity contribution < 1.29 is 22.7 Å². The Morgan fingerprint density at radius 2 is 2.29 bits per heavy atom. The van der Waals surface area contributed by atoms with E-state index in [4.69, 9.17) is 21.4 Å². The minimum Gasteiger partial charge on any atom is -0.392 e. The van der Waals surface area contributed by atoms with Gasteiger partial charge in [0.05, 0.1) is 22.6 Å². The molecule has 118 valence electrons. The lowest BCUT2D eigenvalue weighted by Crippen LogP contribution is -2.40. The Bertz CT molecular complexity index is 617. The molecular formula is C13H17ClFNO4S. The van der Waals surface area contributed by atoms with Crippen molar-refractivity contribution in [1.29, 1.82) is 0 Å². The van der Waals surface area contributed by atoms with Crippen LogP contribution in [0.4, 0.5) is 4.39 Å². The zero-order valence-corrected chi connectivity index (χ0v) is 13.0. The van der Waals surface area contributed by atoms with E-state index in [1.165, 1.54) is 0 Å². The highest BCUT2D eigenvalue weighted by Crippen LogP contribution is 2.25. The monoisotopic (exact) mass is 337 g/mol. The third-order valence-corrected chi connectivity index (χ3v) is 5.38. The second-order valence-electron chi connectivity index (χ2n) is 5.00. The summed E-state index contributed by atoms with van der Waals surface area (Å²) < 4.78 is 46.1. The molecule has 2 rings (SSSR count). The van der Waals surface area contributed by atoms with Crippen LogP contribution in [0.5, 0.6) is 0 Å². The molecule has 0 aromatic heterocycles. The molecule has 21 heavy (non-hydrogen) atoms. The minimum atomic E-state index is -3.91. The zero-order valence-electron chi connectivity index (χ0n) is 11.5. The summed E-state index contributed by atoms with van der Waals surface area (Å²) in [6.45, 7) is 1.77. The highest BCUT2D eigenvalue weighted by atomic mass is 35.5. The fraction of sp³-hybridized carbons (Fsp3) is 0.538. The number of sulfonamides is 1. The standard InChI is InChI=1S/C13H17ClFNO4S/c1-8(12-3-2-4-20-12)16-21(18,19)10-5-9(7-17)13(14)11(15)6-10/h5-6,8,12,16-17H,2-4,7H2,1H3. The first-order valence-electron chi connectivity index (χ1n) is 6.58. The quantitative estimate of drug-likeness (QED) is 0.859. The van der Waals surface area contributed by atoms with Gasteiger partial charge in [-0.25, -0.2) is 17.5 Å². The molecule has 1 heterocycles. The van der Waals surface area contributed by atoms with E-state index in [0.29, 0.717) is 6.61 Å². The summed E-state index contributed by atoms with van der Waals surface area (Å²) in [4.78, 5) is -0.265. The van der Waals surface area contributed by atoms with Gasteiger partial charge in [-0.15, -0.1) is 0 Å². The van der Waals surface area contributed by atoms with Gasteiger partial charge < -0.3 is 9.84 Å². The molecule has 1 aromatic rings. The molecule has 1 aliphatic rings. The fourth-order valence-electron chi connectivity index (χ4n) is 2.27. The maximum Gasteiger partial charge on any atom is 0.241 e. The molecular weight excluding hydrogens is 321 g/mol. The van der Waals surface area contributed by atoms with Crippen molar-refractivity contribution >= 4 is 21.6 Å². The molecule has 0 bridgehead atoms. The average Bonchev–Trinajstić information content (AvgIpc) is 2.95. The van der Waals surface area contributed by atoms with Crippen molar-refractivity contribution in [2.75, 3.05) is 6.61 Å². The largest absolute Gasteiger partial charge is 0.392 e. The smallest absolute Gasteiger partial charge is 0.241 e. The molecule has 0 aliphatic carbocycles. The molecule has 1 aromatic carbocycles. The maximum absolute atomic E-state index is 13.6. The summed E-state index contributed by atoms with van der Waals surface area (Å²) in [7, 11) is -3.91. The van der Waals surface area contributed by atoms with Crippen LogP contribution < -0.4 is 4.72 Å². The number of benzene rings is 1. The first kappa shape index (κ1) is 16.6. The third kappa shape index (κ3) is 3.73. The van der Waals surface area contributed by atoms with Gasteiger partial charge in [0.1, 0.15) is 5.82 Å². The van der Waals surface area contributed by atoms with Gasteiger partial charge >= 0.3 is 0 Å². The summed E-state index contributed by atoms with van der Waals surface area (Å²) in [5, 5.41) is 8.83. The molecule has 2 atom stereocenters. The van der Waals surface area contributed by atoms with E-state index in [9.17, 15) is 12.8 Å². The number of hydrogen-bond donors (Lipinski definition) is 2. The van der Waals surface area contributed by atoms with E-state index in [0.717, 1.165) is 25.0 Å². The Morgan fingerprint density at radius 3 is 2.86 bits per heavy atom. The molecule has 8 heteroatoms. The summed E-state index contributed by atoms with van der Waals surface area (Å²) in [6, 6.07) is 1.58. The van der Waals surface area contributed by atoms with Gasteiger partial charge in [0.25, 0.3) is 0 Å². The molecule has 2 unspecified atom stereocenters. The van der Waals surface area contributed by atoms with Crippen LogP contribution in [0.1, 0.15) is 25.3 Å². The van der Waals surface area contributed by atoms with Gasteiger partial charge in [0.15, 0.2) is 0 Å². The van der Waals surface area contributed by atoms with Gasteiger partial charge in [0.2, 0.25) is 10.0 Å². The Hall–Kier alpha value is -0.730. The van der Waals surface area contributed by atoms with E-state index in [1.807, 2.05) is 0 Å². The average molecular weight is 338 g/mol. The van der Waals surface area contributed by atoms with Gasteiger partial charge in [-0.05, 0) is 31.9 Å². The highest BCUT2D eigenvalue weighted by Gasteiger charge is 2.27. The molecule has 0 radical (unpaired) electrons. The van der Waals surface area contributed by atoms with Crippen molar-refractivity contribution in [3.8, 4) is 0 Å². The number of nitrogens with one attached hydrogen (secondary N) is 1. The van der Waals surface area contributed by atoms with E-state index < -0.39 is 28.5 Å². The van der Waals surface area contributed by atoms with Crippen LogP contribution in [0.15, 0.2) is 17.0 Å². The SMILES string of the molecule is CC(NS(=O)(=O)c1cc(F)c(Cl)c(CO)c1)C1CCCO1. The van der Waals surface area contributed by atoms with Gasteiger partial charge in [-0.1, -0.05) is 11.6 Å². The highest BCUT2D eigenvalue weighted by molar-refractivity contribution is 7.89. The fourth-order valence-corrected chi connectivity index (χ4v) is 3.78.